The number of nitrogens with one attached hydrogen (secondary N) is 1. The first-order valence-corrected chi connectivity index (χ1v) is 8.98. The molecule has 0 spiro atoms. The summed E-state index contributed by atoms with van der Waals surface area (Å²) in [5.41, 5.74) is 2.46. The SMILES string of the molecule is CCCNC(CCCc1cccs1)c1ccc(C)c(Cl)c1. The summed E-state index contributed by atoms with van der Waals surface area (Å²) in [6, 6.07) is 11.2. The van der Waals surface area contributed by atoms with E-state index in [-0.39, 0.29) is 0 Å². The zero-order chi connectivity index (χ0) is 15.1. The van der Waals surface area contributed by atoms with E-state index in [1.54, 1.807) is 0 Å². The van der Waals surface area contributed by atoms with E-state index >= 15 is 0 Å². The number of aryl methyl sites for hydroxylation is 2. The quantitative estimate of drug-likeness (QED) is 0.650. The molecule has 3 heteroatoms. The molecule has 1 heterocycles. The Morgan fingerprint density at radius 3 is 2.81 bits per heavy atom. The van der Waals surface area contributed by atoms with Crippen LogP contribution < -0.4 is 5.32 Å². The largest absolute Gasteiger partial charge is 0.310 e. The fourth-order valence-electron chi connectivity index (χ4n) is 2.47. The Balaban J connectivity index is 1.97. The van der Waals surface area contributed by atoms with Crippen molar-refractivity contribution in [2.75, 3.05) is 6.54 Å². The highest BCUT2D eigenvalue weighted by Gasteiger charge is 2.11. The standard InChI is InChI=1S/C18H24ClNS/c1-3-11-20-18(8-4-6-16-7-5-12-21-16)15-10-9-14(2)17(19)13-15/h5,7,9-10,12-13,18,20H,3-4,6,8,11H2,1-2H3. The maximum Gasteiger partial charge on any atom is 0.0438 e. The van der Waals surface area contributed by atoms with Gasteiger partial charge in [0.25, 0.3) is 0 Å². The van der Waals surface area contributed by atoms with Gasteiger partial charge in [0.05, 0.1) is 0 Å². The third-order valence-corrected chi connectivity index (χ3v) is 5.08. The highest BCUT2D eigenvalue weighted by atomic mass is 35.5. The number of hydrogen-bond donors (Lipinski definition) is 1. The average Bonchev–Trinajstić information content (AvgIpc) is 2.99. The summed E-state index contributed by atoms with van der Waals surface area (Å²) >= 11 is 8.13. The molecule has 114 valence electrons. The minimum absolute atomic E-state index is 0.406. The van der Waals surface area contributed by atoms with Crippen LogP contribution in [-0.2, 0) is 6.42 Å². The third-order valence-electron chi connectivity index (χ3n) is 3.74. The van der Waals surface area contributed by atoms with Crippen molar-refractivity contribution in [3.63, 3.8) is 0 Å². The fourth-order valence-corrected chi connectivity index (χ4v) is 3.41. The molecule has 0 fully saturated rings. The summed E-state index contributed by atoms with van der Waals surface area (Å²) in [5.74, 6) is 0. The summed E-state index contributed by atoms with van der Waals surface area (Å²) in [7, 11) is 0. The molecule has 0 amide bonds. The lowest BCUT2D eigenvalue weighted by Crippen LogP contribution is -2.22. The molecule has 1 aromatic heterocycles. The maximum absolute atomic E-state index is 6.28. The van der Waals surface area contributed by atoms with Gasteiger partial charge in [-0.3, -0.25) is 0 Å². The predicted molar refractivity (Wildman–Crippen MR) is 94.5 cm³/mol. The minimum atomic E-state index is 0.406. The van der Waals surface area contributed by atoms with Gasteiger partial charge in [0.15, 0.2) is 0 Å². The first kappa shape index (κ1) is 16.5. The first-order valence-electron chi connectivity index (χ1n) is 7.72. The predicted octanol–water partition coefficient (Wildman–Crippen LogP) is 5.77. The molecule has 0 saturated carbocycles. The van der Waals surface area contributed by atoms with E-state index in [0.717, 1.165) is 30.0 Å². The Kier molecular flexibility index (Phi) is 6.75. The Labute approximate surface area is 137 Å². The highest BCUT2D eigenvalue weighted by molar-refractivity contribution is 7.09. The molecule has 0 bridgehead atoms. The van der Waals surface area contributed by atoms with Gasteiger partial charge >= 0.3 is 0 Å². The van der Waals surface area contributed by atoms with Gasteiger partial charge < -0.3 is 5.32 Å². The molecule has 1 unspecified atom stereocenters. The molecule has 0 aliphatic carbocycles. The summed E-state index contributed by atoms with van der Waals surface area (Å²) < 4.78 is 0. The van der Waals surface area contributed by atoms with Crippen LogP contribution in [0.5, 0.6) is 0 Å². The van der Waals surface area contributed by atoms with E-state index < -0.39 is 0 Å². The van der Waals surface area contributed by atoms with Gasteiger partial charge in [-0.05, 0) is 67.8 Å². The lowest BCUT2D eigenvalue weighted by molar-refractivity contribution is 0.485. The lowest BCUT2D eigenvalue weighted by Gasteiger charge is -2.19. The van der Waals surface area contributed by atoms with Gasteiger partial charge in [0, 0.05) is 15.9 Å². The Morgan fingerprint density at radius 1 is 1.29 bits per heavy atom. The minimum Gasteiger partial charge on any atom is -0.310 e. The topological polar surface area (TPSA) is 12.0 Å². The van der Waals surface area contributed by atoms with Crippen LogP contribution >= 0.6 is 22.9 Å². The molecule has 0 aliphatic rings. The monoisotopic (exact) mass is 321 g/mol. The van der Waals surface area contributed by atoms with Gasteiger partial charge in [-0.1, -0.05) is 36.7 Å². The molecule has 0 saturated heterocycles. The van der Waals surface area contributed by atoms with Crippen molar-refractivity contribution in [3.05, 3.63) is 56.7 Å². The lowest BCUT2D eigenvalue weighted by atomic mass is 9.99. The molecule has 21 heavy (non-hydrogen) atoms. The summed E-state index contributed by atoms with van der Waals surface area (Å²) in [4.78, 5) is 1.48. The first-order chi connectivity index (χ1) is 10.2. The second-order valence-electron chi connectivity index (χ2n) is 5.49. The molecular formula is C18H24ClNS. The van der Waals surface area contributed by atoms with E-state index in [4.69, 9.17) is 11.6 Å². The Hall–Kier alpha value is -0.830. The zero-order valence-corrected chi connectivity index (χ0v) is 14.4. The normalized spacial score (nSPS) is 12.5. The maximum atomic E-state index is 6.28. The van der Waals surface area contributed by atoms with Crippen molar-refractivity contribution in [2.24, 2.45) is 0 Å². The molecule has 2 aromatic rings. The molecule has 1 nitrogen and oxygen atoms in total. The summed E-state index contributed by atoms with van der Waals surface area (Å²) in [6.07, 6.45) is 4.67. The molecule has 1 atom stereocenters. The molecule has 1 aromatic carbocycles. The van der Waals surface area contributed by atoms with Crippen LogP contribution in [0.25, 0.3) is 0 Å². The molecule has 0 aliphatic heterocycles. The number of thiophene rings is 1. The highest BCUT2D eigenvalue weighted by Crippen LogP contribution is 2.25. The van der Waals surface area contributed by atoms with Crippen LogP contribution in [0.4, 0.5) is 0 Å². The van der Waals surface area contributed by atoms with Gasteiger partial charge in [0.1, 0.15) is 0 Å². The molecule has 2 rings (SSSR count). The van der Waals surface area contributed by atoms with Crippen molar-refractivity contribution in [2.45, 2.75) is 45.6 Å². The van der Waals surface area contributed by atoms with Gasteiger partial charge in [-0.2, -0.15) is 0 Å². The molecular weight excluding hydrogens is 298 g/mol. The summed E-state index contributed by atoms with van der Waals surface area (Å²) in [5, 5.41) is 6.68. The van der Waals surface area contributed by atoms with E-state index in [2.05, 4.69) is 54.9 Å². The van der Waals surface area contributed by atoms with E-state index in [1.165, 1.54) is 23.3 Å². The van der Waals surface area contributed by atoms with Crippen molar-refractivity contribution < 1.29 is 0 Å². The zero-order valence-electron chi connectivity index (χ0n) is 12.9. The van der Waals surface area contributed by atoms with E-state index in [0.29, 0.717) is 6.04 Å². The van der Waals surface area contributed by atoms with Gasteiger partial charge in [-0.25, -0.2) is 0 Å². The van der Waals surface area contributed by atoms with Gasteiger partial charge in [-0.15, -0.1) is 11.3 Å². The second-order valence-corrected chi connectivity index (χ2v) is 6.93. The number of benzene rings is 1. The third kappa shape index (κ3) is 5.14. The van der Waals surface area contributed by atoms with E-state index in [9.17, 15) is 0 Å². The van der Waals surface area contributed by atoms with Crippen molar-refractivity contribution in [1.29, 1.82) is 0 Å². The van der Waals surface area contributed by atoms with Crippen LogP contribution in [0.2, 0.25) is 5.02 Å². The Morgan fingerprint density at radius 2 is 2.14 bits per heavy atom. The molecule has 0 radical (unpaired) electrons. The van der Waals surface area contributed by atoms with Crippen LogP contribution in [0.15, 0.2) is 35.7 Å². The van der Waals surface area contributed by atoms with Crippen molar-refractivity contribution in [1.82, 2.24) is 5.32 Å². The molecule has 1 N–H and O–H groups in total. The number of halogens is 1. The van der Waals surface area contributed by atoms with Crippen LogP contribution in [0.3, 0.4) is 0 Å². The van der Waals surface area contributed by atoms with Crippen LogP contribution in [0.1, 0.15) is 48.2 Å². The Bertz CT molecular complexity index is 536. The van der Waals surface area contributed by atoms with Crippen LogP contribution in [0, 0.1) is 6.92 Å². The number of hydrogen-bond acceptors (Lipinski definition) is 2. The average molecular weight is 322 g/mol. The fraction of sp³-hybridized carbons (Fsp3) is 0.444. The number of rotatable bonds is 8. The summed E-state index contributed by atoms with van der Waals surface area (Å²) in [6.45, 7) is 5.31. The van der Waals surface area contributed by atoms with Crippen LogP contribution in [-0.4, -0.2) is 6.54 Å². The van der Waals surface area contributed by atoms with E-state index in [1.807, 2.05) is 11.3 Å². The smallest absolute Gasteiger partial charge is 0.0438 e. The second kappa shape index (κ2) is 8.57. The van der Waals surface area contributed by atoms with Crippen molar-refractivity contribution in [3.8, 4) is 0 Å². The van der Waals surface area contributed by atoms with Crippen molar-refractivity contribution >= 4 is 22.9 Å². The van der Waals surface area contributed by atoms with Gasteiger partial charge in [0.2, 0.25) is 0 Å².